The third kappa shape index (κ3) is 3.27. The fourth-order valence-corrected chi connectivity index (χ4v) is 3.89. The SMILES string of the molecule is O=c1c(-c2ccc(F)cc2)c(-c2ccnc(Nc3ccc(Cl)cc3)n2)n2n1CCC2. The maximum Gasteiger partial charge on any atom is 0.275 e. The Labute approximate surface area is 176 Å². The predicted molar refractivity (Wildman–Crippen MR) is 114 cm³/mol. The molecule has 0 saturated heterocycles. The van der Waals surface area contributed by atoms with Gasteiger partial charge in [-0.3, -0.25) is 9.48 Å². The average Bonchev–Trinajstić information content (AvgIpc) is 3.33. The zero-order valence-electron chi connectivity index (χ0n) is 15.8. The Morgan fingerprint density at radius 3 is 2.47 bits per heavy atom. The quantitative estimate of drug-likeness (QED) is 0.518. The van der Waals surface area contributed by atoms with Crippen molar-refractivity contribution in [3.63, 3.8) is 0 Å². The second-order valence-electron chi connectivity index (χ2n) is 7.03. The summed E-state index contributed by atoms with van der Waals surface area (Å²) in [6.07, 6.45) is 2.53. The topological polar surface area (TPSA) is 64.7 Å². The minimum atomic E-state index is -0.344. The van der Waals surface area contributed by atoms with E-state index in [1.165, 1.54) is 12.1 Å². The molecular formula is C22H17ClFN5O. The molecule has 0 aliphatic carbocycles. The van der Waals surface area contributed by atoms with E-state index in [4.69, 9.17) is 11.6 Å². The van der Waals surface area contributed by atoms with Crippen molar-refractivity contribution < 1.29 is 4.39 Å². The molecule has 1 aliphatic rings. The molecule has 0 radical (unpaired) electrons. The zero-order valence-corrected chi connectivity index (χ0v) is 16.6. The maximum absolute atomic E-state index is 13.4. The molecule has 2 aromatic carbocycles. The van der Waals surface area contributed by atoms with Crippen LogP contribution in [0.3, 0.4) is 0 Å². The van der Waals surface area contributed by atoms with Crippen LogP contribution in [0.25, 0.3) is 22.5 Å². The van der Waals surface area contributed by atoms with E-state index < -0.39 is 0 Å². The van der Waals surface area contributed by atoms with Crippen LogP contribution >= 0.6 is 11.6 Å². The molecule has 0 atom stereocenters. The summed E-state index contributed by atoms with van der Waals surface area (Å²) in [7, 11) is 0. The van der Waals surface area contributed by atoms with E-state index >= 15 is 0 Å². The van der Waals surface area contributed by atoms with Crippen molar-refractivity contribution in [3.05, 3.63) is 82.0 Å². The van der Waals surface area contributed by atoms with Crippen molar-refractivity contribution in [1.82, 2.24) is 19.3 Å². The standard InChI is InChI=1S/C22H17ClFN5O/c23-15-4-8-17(9-5-15)26-22-25-11-10-18(27-22)20-19(14-2-6-16(24)7-3-14)21(30)29-13-1-12-28(20)29/h2-11H,1,12-13H2,(H,25,26,27). The number of nitrogens with one attached hydrogen (secondary N) is 1. The number of rotatable bonds is 4. The molecule has 0 saturated carbocycles. The average molecular weight is 422 g/mol. The summed E-state index contributed by atoms with van der Waals surface area (Å²) in [4.78, 5) is 22.1. The highest BCUT2D eigenvalue weighted by atomic mass is 35.5. The van der Waals surface area contributed by atoms with Gasteiger partial charge in [-0.1, -0.05) is 23.7 Å². The Kier molecular flexibility index (Phi) is 4.59. The Balaban J connectivity index is 1.62. The van der Waals surface area contributed by atoms with Crippen molar-refractivity contribution in [2.24, 2.45) is 0 Å². The van der Waals surface area contributed by atoms with Crippen LogP contribution in [0, 0.1) is 5.82 Å². The smallest absolute Gasteiger partial charge is 0.275 e. The van der Waals surface area contributed by atoms with E-state index in [1.807, 2.05) is 16.8 Å². The molecule has 1 aliphatic heterocycles. The van der Waals surface area contributed by atoms with Crippen LogP contribution in [0.15, 0.2) is 65.6 Å². The number of benzene rings is 2. The lowest BCUT2D eigenvalue weighted by Crippen LogP contribution is -2.17. The lowest BCUT2D eigenvalue weighted by atomic mass is 10.0. The molecule has 0 bridgehead atoms. The molecule has 2 aromatic heterocycles. The Hall–Kier alpha value is -3.45. The molecule has 150 valence electrons. The van der Waals surface area contributed by atoms with Crippen molar-refractivity contribution in [2.45, 2.75) is 19.5 Å². The van der Waals surface area contributed by atoms with Crippen LogP contribution in [-0.2, 0) is 13.1 Å². The number of aromatic nitrogens is 4. The summed E-state index contributed by atoms with van der Waals surface area (Å²) in [5.74, 6) is 0.0644. The molecule has 1 N–H and O–H groups in total. The number of nitrogens with zero attached hydrogens (tertiary/aromatic N) is 4. The summed E-state index contributed by atoms with van der Waals surface area (Å²) < 4.78 is 17.1. The summed E-state index contributed by atoms with van der Waals surface area (Å²) in [5.41, 5.74) is 3.22. The highest BCUT2D eigenvalue weighted by Gasteiger charge is 2.26. The second-order valence-corrected chi connectivity index (χ2v) is 7.47. The predicted octanol–water partition coefficient (Wildman–Crippen LogP) is 4.71. The molecular weight excluding hydrogens is 405 g/mol. The number of hydrogen-bond donors (Lipinski definition) is 1. The highest BCUT2D eigenvalue weighted by Crippen LogP contribution is 2.32. The third-order valence-corrected chi connectivity index (χ3v) is 5.36. The minimum Gasteiger partial charge on any atom is -0.324 e. The highest BCUT2D eigenvalue weighted by molar-refractivity contribution is 6.30. The van der Waals surface area contributed by atoms with Crippen molar-refractivity contribution in [2.75, 3.05) is 5.32 Å². The van der Waals surface area contributed by atoms with Crippen LogP contribution < -0.4 is 10.9 Å². The number of anilines is 2. The Morgan fingerprint density at radius 1 is 0.967 bits per heavy atom. The van der Waals surface area contributed by atoms with Gasteiger partial charge in [0.2, 0.25) is 5.95 Å². The fourth-order valence-electron chi connectivity index (χ4n) is 3.76. The van der Waals surface area contributed by atoms with Gasteiger partial charge < -0.3 is 5.32 Å². The van der Waals surface area contributed by atoms with Gasteiger partial charge in [0.05, 0.1) is 17.0 Å². The molecule has 5 rings (SSSR count). The summed E-state index contributed by atoms with van der Waals surface area (Å²) >= 11 is 5.94. The third-order valence-electron chi connectivity index (χ3n) is 5.11. The second kappa shape index (κ2) is 7.42. The van der Waals surface area contributed by atoms with Crippen LogP contribution in [-0.4, -0.2) is 19.3 Å². The number of halogens is 2. The number of fused-ring (bicyclic) bond motifs is 1. The molecule has 4 aromatic rings. The van der Waals surface area contributed by atoms with Gasteiger partial charge in [0.1, 0.15) is 5.82 Å². The first kappa shape index (κ1) is 18.6. The van der Waals surface area contributed by atoms with E-state index in [1.54, 1.807) is 41.2 Å². The van der Waals surface area contributed by atoms with Gasteiger partial charge in [0, 0.05) is 30.0 Å². The van der Waals surface area contributed by atoms with Crippen LogP contribution in [0.2, 0.25) is 5.02 Å². The molecule has 0 spiro atoms. The van der Waals surface area contributed by atoms with E-state index in [-0.39, 0.29) is 11.4 Å². The summed E-state index contributed by atoms with van der Waals surface area (Å²) in [6, 6.07) is 15.0. The van der Waals surface area contributed by atoms with Crippen molar-refractivity contribution in [1.29, 1.82) is 0 Å². The molecule has 8 heteroatoms. The normalized spacial score (nSPS) is 12.7. The van der Waals surface area contributed by atoms with Gasteiger partial charge >= 0.3 is 0 Å². The van der Waals surface area contributed by atoms with Gasteiger partial charge in [0.25, 0.3) is 5.56 Å². The van der Waals surface area contributed by atoms with Crippen LogP contribution in [0.5, 0.6) is 0 Å². The van der Waals surface area contributed by atoms with Gasteiger partial charge in [-0.05, 0) is 54.4 Å². The Bertz CT molecular complexity index is 1280. The van der Waals surface area contributed by atoms with E-state index in [9.17, 15) is 9.18 Å². The minimum absolute atomic E-state index is 0.0973. The fraction of sp³-hybridized carbons (Fsp3) is 0.136. The number of hydrogen-bond acceptors (Lipinski definition) is 4. The largest absolute Gasteiger partial charge is 0.324 e. The van der Waals surface area contributed by atoms with E-state index in [0.29, 0.717) is 40.0 Å². The lowest BCUT2D eigenvalue weighted by Gasteiger charge is -2.10. The van der Waals surface area contributed by atoms with Gasteiger partial charge in [-0.15, -0.1) is 0 Å². The van der Waals surface area contributed by atoms with Crippen LogP contribution in [0.4, 0.5) is 16.0 Å². The first-order valence-electron chi connectivity index (χ1n) is 9.56. The maximum atomic E-state index is 13.4. The van der Waals surface area contributed by atoms with Gasteiger partial charge in [0.15, 0.2) is 0 Å². The summed E-state index contributed by atoms with van der Waals surface area (Å²) in [5, 5.41) is 3.80. The summed E-state index contributed by atoms with van der Waals surface area (Å²) in [6.45, 7) is 1.36. The van der Waals surface area contributed by atoms with Gasteiger partial charge in [-0.2, -0.15) is 0 Å². The lowest BCUT2D eigenvalue weighted by molar-refractivity contribution is 0.599. The zero-order chi connectivity index (χ0) is 20.7. The molecule has 0 amide bonds. The van der Waals surface area contributed by atoms with Crippen LogP contribution in [0.1, 0.15) is 6.42 Å². The van der Waals surface area contributed by atoms with E-state index in [2.05, 4.69) is 15.3 Å². The first-order chi connectivity index (χ1) is 14.6. The first-order valence-corrected chi connectivity index (χ1v) is 9.93. The molecule has 3 heterocycles. The van der Waals surface area contributed by atoms with Crippen molar-refractivity contribution >= 4 is 23.2 Å². The molecule has 6 nitrogen and oxygen atoms in total. The van der Waals surface area contributed by atoms with Gasteiger partial charge in [-0.25, -0.2) is 19.0 Å². The van der Waals surface area contributed by atoms with Crippen molar-refractivity contribution in [3.8, 4) is 22.5 Å². The molecule has 0 unspecified atom stereocenters. The Morgan fingerprint density at radius 2 is 1.70 bits per heavy atom. The molecule has 30 heavy (non-hydrogen) atoms. The molecule has 0 fully saturated rings. The van der Waals surface area contributed by atoms with E-state index in [0.717, 1.165) is 18.7 Å². The monoisotopic (exact) mass is 421 g/mol.